The van der Waals surface area contributed by atoms with Gasteiger partial charge in [0.05, 0.1) is 12.3 Å². The van der Waals surface area contributed by atoms with Crippen molar-refractivity contribution in [3.05, 3.63) is 57.2 Å². The molecule has 1 N–H and O–H groups in total. The lowest BCUT2D eigenvalue weighted by Gasteiger charge is -2.19. The third-order valence-corrected chi connectivity index (χ3v) is 3.71. The van der Waals surface area contributed by atoms with Crippen molar-refractivity contribution in [3.63, 3.8) is 0 Å². The number of rotatable bonds is 5. The zero-order valence-electron chi connectivity index (χ0n) is 10.4. The first-order valence-electron chi connectivity index (χ1n) is 6.04. The van der Waals surface area contributed by atoms with Crippen molar-refractivity contribution in [1.82, 2.24) is 5.32 Å². The first-order valence-corrected chi connectivity index (χ1v) is 7.21. The topological polar surface area (TPSA) is 25.2 Å². The maximum atomic E-state index is 14.1. The molecule has 1 unspecified atom stereocenters. The maximum Gasteiger partial charge on any atom is 0.174 e. The minimum absolute atomic E-state index is 0.259. The summed E-state index contributed by atoms with van der Waals surface area (Å²) in [7, 11) is 0. The molecular formula is C14H14BrClFNO. The van der Waals surface area contributed by atoms with Crippen LogP contribution in [-0.4, -0.2) is 6.54 Å². The molecule has 2 rings (SSSR count). The molecule has 0 fully saturated rings. The smallest absolute Gasteiger partial charge is 0.174 e. The second kappa shape index (κ2) is 6.55. The predicted octanol–water partition coefficient (Wildman–Crippen LogP) is 4.92. The number of furan rings is 1. The average Bonchev–Trinajstić information content (AvgIpc) is 2.78. The molecule has 1 atom stereocenters. The second-order valence-electron chi connectivity index (χ2n) is 4.20. The van der Waals surface area contributed by atoms with Crippen LogP contribution in [-0.2, 0) is 0 Å². The lowest BCUT2D eigenvalue weighted by molar-refractivity contribution is 0.513. The van der Waals surface area contributed by atoms with Gasteiger partial charge in [-0.15, -0.1) is 0 Å². The van der Waals surface area contributed by atoms with Crippen LogP contribution in [0.1, 0.15) is 30.5 Å². The molecule has 0 saturated carbocycles. The number of hydrogen-bond donors (Lipinski definition) is 1. The average molecular weight is 347 g/mol. The SMILES string of the molecule is CCCNC(c1ccc(Cl)cc1F)c1ccoc1Br. The van der Waals surface area contributed by atoms with E-state index in [-0.39, 0.29) is 11.9 Å². The van der Waals surface area contributed by atoms with Gasteiger partial charge in [-0.25, -0.2) is 4.39 Å². The van der Waals surface area contributed by atoms with Gasteiger partial charge in [-0.2, -0.15) is 0 Å². The minimum Gasteiger partial charge on any atom is -0.457 e. The van der Waals surface area contributed by atoms with Crippen molar-refractivity contribution in [3.8, 4) is 0 Å². The second-order valence-corrected chi connectivity index (χ2v) is 5.36. The van der Waals surface area contributed by atoms with Gasteiger partial charge < -0.3 is 9.73 Å². The Balaban J connectivity index is 2.40. The maximum absolute atomic E-state index is 14.1. The lowest BCUT2D eigenvalue weighted by Crippen LogP contribution is -2.24. The molecule has 102 valence electrons. The molecule has 0 amide bonds. The fourth-order valence-electron chi connectivity index (χ4n) is 1.92. The highest BCUT2D eigenvalue weighted by atomic mass is 79.9. The summed E-state index contributed by atoms with van der Waals surface area (Å²) in [6.07, 6.45) is 2.54. The Morgan fingerprint density at radius 1 is 1.37 bits per heavy atom. The van der Waals surface area contributed by atoms with Gasteiger partial charge in [-0.05, 0) is 47.1 Å². The van der Waals surface area contributed by atoms with Crippen LogP contribution in [0.3, 0.4) is 0 Å². The Labute approximate surface area is 125 Å². The van der Waals surface area contributed by atoms with E-state index >= 15 is 0 Å². The summed E-state index contributed by atoms with van der Waals surface area (Å²) in [6, 6.07) is 6.28. The van der Waals surface area contributed by atoms with Gasteiger partial charge >= 0.3 is 0 Å². The summed E-state index contributed by atoms with van der Waals surface area (Å²) in [5.41, 5.74) is 1.43. The fourth-order valence-corrected chi connectivity index (χ4v) is 2.55. The summed E-state index contributed by atoms with van der Waals surface area (Å²) in [5, 5.41) is 3.71. The van der Waals surface area contributed by atoms with E-state index in [1.54, 1.807) is 18.4 Å². The number of hydrogen-bond acceptors (Lipinski definition) is 2. The van der Waals surface area contributed by atoms with Crippen LogP contribution < -0.4 is 5.32 Å². The van der Waals surface area contributed by atoms with Crippen LogP contribution >= 0.6 is 27.5 Å². The van der Waals surface area contributed by atoms with Crippen LogP contribution in [0, 0.1) is 5.82 Å². The lowest BCUT2D eigenvalue weighted by atomic mass is 10.0. The van der Waals surface area contributed by atoms with Crippen molar-refractivity contribution in [2.75, 3.05) is 6.54 Å². The quantitative estimate of drug-likeness (QED) is 0.831. The van der Waals surface area contributed by atoms with Gasteiger partial charge in [0.1, 0.15) is 5.82 Å². The molecule has 0 aliphatic carbocycles. The summed E-state index contributed by atoms with van der Waals surface area (Å²) < 4.78 is 19.9. The molecule has 0 radical (unpaired) electrons. The number of nitrogens with one attached hydrogen (secondary N) is 1. The molecule has 1 heterocycles. The van der Waals surface area contributed by atoms with Crippen LogP contribution in [0.15, 0.2) is 39.6 Å². The van der Waals surface area contributed by atoms with E-state index in [1.807, 2.05) is 6.07 Å². The Hall–Kier alpha value is -0.840. The van der Waals surface area contributed by atoms with Crippen molar-refractivity contribution in [2.45, 2.75) is 19.4 Å². The predicted molar refractivity (Wildman–Crippen MR) is 78.0 cm³/mol. The fraction of sp³-hybridized carbons (Fsp3) is 0.286. The van der Waals surface area contributed by atoms with Gasteiger partial charge in [-0.1, -0.05) is 24.6 Å². The zero-order valence-corrected chi connectivity index (χ0v) is 12.8. The Bertz CT molecular complexity index is 558. The van der Waals surface area contributed by atoms with E-state index in [2.05, 4.69) is 28.2 Å². The molecule has 1 aromatic carbocycles. The molecule has 19 heavy (non-hydrogen) atoms. The first kappa shape index (κ1) is 14.6. The Morgan fingerprint density at radius 2 is 2.16 bits per heavy atom. The van der Waals surface area contributed by atoms with Crippen LogP contribution in [0.25, 0.3) is 0 Å². The van der Waals surface area contributed by atoms with Gasteiger partial charge in [-0.3, -0.25) is 0 Å². The highest BCUT2D eigenvalue weighted by Crippen LogP contribution is 2.31. The third kappa shape index (κ3) is 3.38. The Morgan fingerprint density at radius 3 is 2.74 bits per heavy atom. The van der Waals surface area contributed by atoms with E-state index < -0.39 is 0 Å². The zero-order chi connectivity index (χ0) is 13.8. The van der Waals surface area contributed by atoms with Gasteiger partial charge in [0, 0.05) is 16.1 Å². The molecule has 0 aliphatic heterocycles. The monoisotopic (exact) mass is 345 g/mol. The molecule has 0 saturated heterocycles. The summed E-state index contributed by atoms with van der Waals surface area (Å²) >= 11 is 9.13. The van der Waals surface area contributed by atoms with Gasteiger partial charge in [0.2, 0.25) is 0 Å². The minimum atomic E-state index is -0.325. The van der Waals surface area contributed by atoms with E-state index in [4.69, 9.17) is 16.0 Å². The Kier molecular flexibility index (Phi) is 5.02. The van der Waals surface area contributed by atoms with Crippen molar-refractivity contribution < 1.29 is 8.81 Å². The molecule has 1 aromatic heterocycles. The van der Waals surface area contributed by atoms with Crippen molar-refractivity contribution in [1.29, 1.82) is 0 Å². The molecule has 2 aromatic rings. The van der Waals surface area contributed by atoms with Crippen LogP contribution in [0.4, 0.5) is 4.39 Å². The summed E-state index contributed by atoms with van der Waals surface area (Å²) in [6.45, 7) is 2.84. The van der Waals surface area contributed by atoms with Crippen molar-refractivity contribution >= 4 is 27.5 Å². The third-order valence-electron chi connectivity index (χ3n) is 2.83. The highest BCUT2D eigenvalue weighted by Gasteiger charge is 2.21. The highest BCUT2D eigenvalue weighted by molar-refractivity contribution is 9.10. The molecular weight excluding hydrogens is 333 g/mol. The van der Waals surface area contributed by atoms with E-state index in [9.17, 15) is 4.39 Å². The molecule has 2 nitrogen and oxygen atoms in total. The van der Waals surface area contributed by atoms with E-state index in [0.29, 0.717) is 15.3 Å². The molecule has 5 heteroatoms. The standard InChI is InChI=1S/C14H14BrClFNO/c1-2-6-18-13(11-5-7-19-14(11)15)10-4-3-9(16)8-12(10)17/h3-5,7-8,13,18H,2,6H2,1H3. The molecule has 0 spiro atoms. The van der Waals surface area contributed by atoms with Gasteiger partial charge in [0.25, 0.3) is 0 Å². The normalized spacial score (nSPS) is 12.6. The van der Waals surface area contributed by atoms with E-state index in [1.165, 1.54) is 6.07 Å². The largest absolute Gasteiger partial charge is 0.457 e. The van der Waals surface area contributed by atoms with E-state index in [0.717, 1.165) is 18.5 Å². The van der Waals surface area contributed by atoms with Gasteiger partial charge in [0.15, 0.2) is 4.67 Å². The first-order chi connectivity index (χ1) is 9.13. The number of halogens is 3. The van der Waals surface area contributed by atoms with Crippen molar-refractivity contribution in [2.24, 2.45) is 0 Å². The molecule has 0 aliphatic rings. The number of benzene rings is 1. The summed E-state index contributed by atoms with van der Waals surface area (Å²) in [4.78, 5) is 0. The van der Waals surface area contributed by atoms with Crippen LogP contribution in [0.5, 0.6) is 0 Å². The van der Waals surface area contributed by atoms with Crippen LogP contribution in [0.2, 0.25) is 5.02 Å². The summed E-state index contributed by atoms with van der Waals surface area (Å²) in [5.74, 6) is -0.325. The molecule has 0 bridgehead atoms.